The van der Waals surface area contributed by atoms with Gasteiger partial charge in [0, 0.05) is 43.9 Å². The summed E-state index contributed by atoms with van der Waals surface area (Å²) in [6.07, 6.45) is 2.43. The largest absolute Gasteiger partial charge is 0.497 e. The Labute approximate surface area is 122 Å². The predicted octanol–water partition coefficient (Wildman–Crippen LogP) is 2.28. The second-order valence-electron chi connectivity index (χ2n) is 5.30. The van der Waals surface area contributed by atoms with E-state index in [1.165, 1.54) is 18.4 Å². The lowest BCUT2D eigenvalue weighted by atomic mass is 10.1. The third-order valence-electron chi connectivity index (χ3n) is 4.04. The van der Waals surface area contributed by atoms with Crippen LogP contribution in [-0.4, -0.2) is 44.8 Å². The van der Waals surface area contributed by atoms with E-state index < -0.39 is 0 Å². The molecule has 4 nitrogen and oxygen atoms in total. The maximum absolute atomic E-state index is 5.48. The number of hydrogen-bond acceptors (Lipinski definition) is 4. The Morgan fingerprint density at radius 2 is 2.10 bits per heavy atom. The Bertz CT molecular complexity index is 423. The van der Waals surface area contributed by atoms with Crippen molar-refractivity contribution in [1.82, 2.24) is 10.2 Å². The third-order valence-corrected chi connectivity index (χ3v) is 4.04. The van der Waals surface area contributed by atoms with E-state index in [0.717, 1.165) is 37.7 Å². The molecule has 1 aliphatic heterocycles. The molecule has 1 unspecified atom stereocenters. The summed E-state index contributed by atoms with van der Waals surface area (Å²) in [5.41, 5.74) is 1.23. The highest BCUT2D eigenvalue weighted by atomic mass is 16.5. The van der Waals surface area contributed by atoms with Crippen LogP contribution in [0.15, 0.2) is 18.2 Å². The molecule has 0 spiro atoms. The first-order chi connectivity index (χ1) is 9.76. The fourth-order valence-electron chi connectivity index (χ4n) is 2.71. The summed E-state index contributed by atoms with van der Waals surface area (Å²) in [6, 6.07) is 6.73. The molecular weight excluding hydrogens is 252 g/mol. The summed E-state index contributed by atoms with van der Waals surface area (Å²) in [5, 5.41) is 3.60. The summed E-state index contributed by atoms with van der Waals surface area (Å²) >= 11 is 0. The molecule has 0 aromatic heterocycles. The van der Waals surface area contributed by atoms with Crippen molar-refractivity contribution in [3.05, 3.63) is 23.8 Å². The van der Waals surface area contributed by atoms with E-state index in [4.69, 9.17) is 9.47 Å². The van der Waals surface area contributed by atoms with E-state index in [1.54, 1.807) is 14.2 Å². The summed E-state index contributed by atoms with van der Waals surface area (Å²) < 4.78 is 10.7. The second-order valence-corrected chi connectivity index (χ2v) is 5.30. The minimum Gasteiger partial charge on any atom is -0.497 e. The minimum atomic E-state index is 0.665. The van der Waals surface area contributed by atoms with E-state index in [0.29, 0.717) is 6.04 Å². The average molecular weight is 278 g/mol. The Morgan fingerprint density at radius 1 is 1.25 bits per heavy atom. The molecule has 112 valence electrons. The Balaban J connectivity index is 2.02. The van der Waals surface area contributed by atoms with Crippen LogP contribution < -0.4 is 14.8 Å². The van der Waals surface area contributed by atoms with E-state index >= 15 is 0 Å². The molecule has 1 fully saturated rings. The van der Waals surface area contributed by atoms with Crippen molar-refractivity contribution in [3.8, 4) is 11.5 Å². The Hall–Kier alpha value is -1.26. The van der Waals surface area contributed by atoms with Gasteiger partial charge in [0.1, 0.15) is 11.5 Å². The molecule has 1 aliphatic rings. The first-order valence-electron chi connectivity index (χ1n) is 7.43. The maximum atomic E-state index is 5.48. The number of hydrogen-bond donors (Lipinski definition) is 1. The molecule has 0 amide bonds. The Kier molecular flexibility index (Phi) is 5.68. The number of ether oxygens (including phenoxy) is 2. The van der Waals surface area contributed by atoms with Gasteiger partial charge in [0.25, 0.3) is 0 Å². The lowest BCUT2D eigenvalue weighted by Gasteiger charge is -2.21. The van der Waals surface area contributed by atoms with Gasteiger partial charge in [-0.1, -0.05) is 13.0 Å². The highest BCUT2D eigenvalue weighted by Crippen LogP contribution is 2.26. The van der Waals surface area contributed by atoms with Crippen molar-refractivity contribution in [2.24, 2.45) is 0 Å². The molecule has 1 N–H and O–H groups in total. The molecular formula is C16H26N2O2. The van der Waals surface area contributed by atoms with Crippen LogP contribution in [-0.2, 0) is 6.54 Å². The molecule has 0 bridgehead atoms. The van der Waals surface area contributed by atoms with Crippen LogP contribution in [0.1, 0.15) is 25.3 Å². The predicted molar refractivity (Wildman–Crippen MR) is 81.5 cm³/mol. The summed E-state index contributed by atoms with van der Waals surface area (Å²) in [4.78, 5) is 2.49. The van der Waals surface area contributed by atoms with Crippen molar-refractivity contribution in [2.45, 2.75) is 32.4 Å². The highest BCUT2D eigenvalue weighted by Gasteiger charge is 2.16. The normalized spacial score (nSPS) is 20.4. The van der Waals surface area contributed by atoms with Gasteiger partial charge in [0.05, 0.1) is 14.2 Å². The van der Waals surface area contributed by atoms with Crippen molar-refractivity contribution < 1.29 is 9.47 Å². The molecule has 1 aromatic carbocycles. The van der Waals surface area contributed by atoms with Crippen LogP contribution in [0.2, 0.25) is 0 Å². The molecule has 0 saturated carbocycles. The lowest BCUT2D eigenvalue weighted by molar-refractivity contribution is 0.276. The zero-order valence-electron chi connectivity index (χ0n) is 12.8. The maximum Gasteiger partial charge on any atom is 0.127 e. The van der Waals surface area contributed by atoms with E-state index in [2.05, 4.69) is 23.2 Å². The van der Waals surface area contributed by atoms with Gasteiger partial charge in [-0.25, -0.2) is 0 Å². The van der Waals surface area contributed by atoms with Gasteiger partial charge in [-0.3, -0.25) is 4.90 Å². The van der Waals surface area contributed by atoms with Gasteiger partial charge in [0.15, 0.2) is 0 Å². The number of benzene rings is 1. The second kappa shape index (κ2) is 7.50. The van der Waals surface area contributed by atoms with E-state index in [-0.39, 0.29) is 0 Å². The summed E-state index contributed by atoms with van der Waals surface area (Å²) in [7, 11) is 3.40. The SMILES string of the molecule is CCC1CCN(Cc2ccc(OC)cc2OC)CCN1. The molecule has 1 atom stereocenters. The first kappa shape index (κ1) is 15.1. The fraction of sp³-hybridized carbons (Fsp3) is 0.625. The van der Waals surface area contributed by atoms with Crippen LogP contribution in [0, 0.1) is 0 Å². The highest BCUT2D eigenvalue weighted by molar-refractivity contribution is 5.40. The van der Waals surface area contributed by atoms with Crippen molar-refractivity contribution >= 4 is 0 Å². The minimum absolute atomic E-state index is 0.665. The number of nitrogens with zero attached hydrogens (tertiary/aromatic N) is 1. The third kappa shape index (κ3) is 3.87. The zero-order chi connectivity index (χ0) is 14.4. The quantitative estimate of drug-likeness (QED) is 0.896. The van der Waals surface area contributed by atoms with Gasteiger partial charge in [-0.15, -0.1) is 0 Å². The first-order valence-corrected chi connectivity index (χ1v) is 7.43. The molecule has 4 heteroatoms. The van der Waals surface area contributed by atoms with Crippen molar-refractivity contribution in [2.75, 3.05) is 33.9 Å². The average Bonchev–Trinajstić information content (AvgIpc) is 2.72. The van der Waals surface area contributed by atoms with Crippen LogP contribution in [0.25, 0.3) is 0 Å². The van der Waals surface area contributed by atoms with Gasteiger partial charge in [-0.05, 0) is 18.9 Å². The molecule has 1 aromatic rings. The fourth-order valence-corrected chi connectivity index (χ4v) is 2.71. The van der Waals surface area contributed by atoms with Crippen LogP contribution in [0.3, 0.4) is 0 Å². The molecule has 0 aliphatic carbocycles. The van der Waals surface area contributed by atoms with Gasteiger partial charge >= 0.3 is 0 Å². The van der Waals surface area contributed by atoms with E-state index in [1.807, 2.05) is 12.1 Å². The standard InChI is InChI=1S/C16H26N2O2/c1-4-14-7-9-18(10-8-17-14)12-13-5-6-15(19-2)11-16(13)20-3/h5-6,11,14,17H,4,7-10,12H2,1-3H3. The van der Waals surface area contributed by atoms with Crippen molar-refractivity contribution in [3.63, 3.8) is 0 Å². The van der Waals surface area contributed by atoms with Gasteiger partial charge < -0.3 is 14.8 Å². The van der Waals surface area contributed by atoms with Crippen molar-refractivity contribution in [1.29, 1.82) is 0 Å². The summed E-state index contributed by atoms with van der Waals surface area (Å²) in [6.45, 7) is 6.48. The smallest absolute Gasteiger partial charge is 0.127 e. The number of rotatable bonds is 5. The van der Waals surface area contributed by atoms with Crippen LogP contribution >= 0.6 is 0 Å². The number of nitrogens with one attached hydrogen (secondary N) is 1. The molecule has 0 radical (unpaired) electrons. The molecule has 1 heterocycles. The van der Waals surface area contributed by atoms with Gasteiger partial charge in [-0.2, -0.15) is 0 Å². The monoisotopic (exact) mass is 278 g/mol. The van der Waals surface area contributed by atoms with Gasteiger partial charge in [0.2, 0.25) is 0 Å². The van der Waals surface area contributed by atoms with Crippen LogP contribution in [0.5, 0.6) is 11.5 Å². The lowest BCUT2D eigenvalue weighted by Crippen LogP contribution is -2.29. The topological polar surface area (TPSA) is 33.7 Å². The molecule has 1 saturated heterocycles. The Morgan fingerprint density at radius 3 is 2.80 bits per heavy atom. The van der Waals surface area contributed by atoms with Crippen LogP contribution in [0.4, 0.5) is 0 Å². The number of methoxy groups -OCH3 is 2. The molecule has 2 rings (SSSR count). The molecule has 20 heavy (non-hydrogen) atoms. The summed E-state index contributed by atoms with van der Waals surface area (Å²) in [5.74, 6) is 1.75. The van der Waals surface area contributed by atoms with E-state index in [9.17, 15) is 0 Å². The zero-order valence-corrected chi connectivity index (χ0v) is 12.8.